The molecule has 0 spiro atoms. The molecule has 0 amide bonds. The van der Waals surface area contributed by atoms with Gasteiger partial charge in [0, 0.05) is 12.1 Å². The fourth-order valence-electron chi connectivity index (χ4n) is 1.91. The average Bonchev–Trinajstić information content (AvgIpc) is 2.50. The molecule has 0 bridgehead atoms. The normalized spacial score (nSPS) is 16.2. The van der Waals surface area contributed by atoms with E-state index in [4.69, 9.17) is 10.2 Å². The standard InChI is InChI=1S/C11H13N3O2/c12-7-4-10-9(14-11(15)16-10)5-8(7)13-6-2-1-3-6/h4-6,13H,1-3,12H2,(H,14,15). The van der Waals surface area contributed by atoms with E-state index >= 15 is 0 Å². The minimum atomic E-state index is -0.449. The molecule has 2 aromatic rings. The zero-order valence-corrected chi connectivity index (χ0v) is 8.75. The summed E-state index contributed by atoms with van der Waals surface area (Å²) in [7, 11) is 0. The number of fused-ring (bicyclic) bond motifs is 1. The monoisotopic (exact) mass is 219 g/mol. The van der Waals surface area contributed by atoms with Crippen LogP contribution in [0.1, 0.15) is 19.3 Å². The number of nitrogen functional groups attached to an aromatic ring is 1. The van der Waals surface area contributed by atoms with Crippen LogP contribution < -0.4 is 16.8 Å². The Kier molecular flexibility index (Phi) is 1.92. The molecule has 0 radical (unpaired) electrons. The van der Waals surface area contributed by atoms with Gasteiger partial charge >= 0.3 is 5.76 Å². The Bertz CT molecular complexity index is 580. The highest BCUT2D eigenvalue weighted by Crippen LogP contribution is 2.29. The summed E-state index contributed by atoms with van der Waals surface area (Å²) < 4.78 is 4.93. The van der Waals surface area contributed by atoms with E-state index in [-0.39, 0.29) is 0 Å². The number of aromatic amines is 1. The Morgan fingerprint density at radius 2 is 2.25 bits per heavy atom. The highest BCUT2D eigenvalue weighted by Gasteiger charge is 2.18. The molecule has 84 valence electrons. The van der Waals surface area contributed by atoms with Gasteiger partial charge in [0.15, 0.2) is 5.58 Å². The first-order valence-electron chi connectivity index (χ1n) is 5.41. The first kappa shape index (κ1) is 9.33. The number of hydrogen-bond donors (Lipinski definition) is 3. The van der Waals surface area contributed by atoms with Crippen LogP contribution in [0.3, 0.4) is 0 Å². The Hall–Kier alpha value is -1.91. The van der Waals surface area contributed by atoms with Crippen molar-refractivity contribution in [1.29, 1.82) is 0 Å². The molecule has 0 unspecified atom stereocenters. The molecule has 1 aromatic carbocycles. The third kappa shape index (κ3) is 1.44. The van der Waals surface area contributed by atoms with E-state index in [0.717, 1.165) is 5.69 Å². The zero-order valence-electron chi connectivity index (χ0n) is 8.75. The molecule has 0 saturated heterocycles. The Labute approximate surface area is 91.6 Å². The number of nitrogens with two attached hydrogens (primary N) is 1. The van der Waals surface area contributed by atoms with E-state index in [2.05, 4.69) is 10.3 Å². The summed E-state index contributed by atoms with van der Waals surface area (Å²) in [5.74, 6) is -0.449. The molecule has 1 aliphatic carbocycles. The Morgan fingerprint density at radius 1 is 1.44 bits per heavy atom. The van der Waals surface area contributed by atoms with Crippen LogP contribution >= 0.6 is 0 Å². The van der Waals surface area contributed by atoms with Crippen molar-refractivity contribution < 1.29 is 4.42 Å². The summed E-state index contributed by atoms with van der Waals surface area (Å²) in [5, 5.41) is 3.36. The van der Waals surface area contributed by atoms with Gasteiger partial charge in [-0.3, -0.25) is 4.98 Å². The highest BCUT2D eigenvalue weighted by atomic mass is 16.4. The third-order valence-electron chi connectivity index (χ3n) is 3.06. The Balaban J connectivity index is 2.02. The van der Waals surface area contributed by atoms with Crippen molar-refractivity contribution in [3.8, 4) is 0 Å². The van der Waals surface area contributed by atoms with Gasteiger partial charge in [0.25, 0.3) is 0 Å². The molecule has 1 aromatic heterocycles. The maximum Gasteiger partial charge on any atom is 0.417 e. The van der Waals surface area contributed by atoms with E-state index in [1.54, 1.807) is 6.07 Å². The van der Waals surface area contributed by atoms with Gasteiger partial charge in [0.05, 0.1) is 16.9 Å². The second-order valence-electron chi connectivity index (χ2n) is 4.22. The lowest BCUT2D eigenvalue weighted by atomic mass is 9.93. The molecule has 5 nitrogen and oxygen atoms in total. The van der Waals surface area contributed by atoms with Gasteiger partial charge in [-0.25, -0.2) is 4.79 Å². The molecule has 1 aliphatic rings. The molecule has 3 rings (SSSR count). The molecule has 16 heavy (non-hydrogen) atoms. The number of aromatic nitrogens is 1. The van der Waals surface area contributed by atoms with Crippen LogP contribution in [-0.4, -0.2) is 11.0 Å². The second kappa shape index (κ2) is 3.30. The number of nitrogens with one attached hydrogen (secondary N) is 2. The fraction of sp³-hybridized carbons (Fsp3) is 0.364. The first-order chi connectivity index (χ1) is 7.72. The van der Waals surface area contributed by atoms with Crippen LogP contribution in [0.2, 0.25) is 0 Å². The number of benzene rings is 1. The fourth-order valence-corrected chi connectivity index (χ4v) is 1.91. The average molecular weight is 219 g/mol. The van der Waals surface area contributed by atoms with Crippen molar-refractivity contribution in [2.45, 2.75) is 25.3 Å². The maximum absolute atomic E-state index is 11.0. The largest absolute Gasteiger partial charge is 0.417 e. The summed E-state index contributed by atoms with van der Waals surface area (Å²) in [4.78, 5) is 13.6. The van der Waals surface area contributed by atoms with E-state index in [1.807, 2.05) is 6.07 Å². The maximum atomic E-state index is 11.0. The summed E-state index contributed by atoms with van der Waals surface area (Å²) in [6, 6.07) is 4.01. The van der Waals surface area contributed by atoms with Gasteiger partial charge in [-0.05, 0) is 25.3 Å². The lowest BCUT2D eigenvalue weighted by Crippen LogP contribution is -2.27. The van der Waals surface area contributed by atoms with Gasteiger partial charge in [-0.1, -0.05) is 0 Å². The van der Waals surface area contributed by atoms with Gasteiger partial charge in [-0.2, -0.15) is 0 Å². The molecule has 0 aliphatic heterocycles. The number of H-pyrrole nitrogens is 1. The zero-order chi connectivity index (χ0) is 11.1. The lowest BCUT2D eigenvalue weighted by molar-refractivity contribution is 0.446. The molecule has 1 saturated carbocycles. The molecule has 5 heteroatoms. The van der Waals surface area contributed by atoms with E-state index in [9.17, 15) is 4.79 Å². The van der Waals surface area contributed by atoms with Crippen LogP contribution in [0.15, 0.2) is 21.3 Å². The van der Waals surface area contributed by atoms with Gasteiger partial charge < -0.3 is 15.5 Å². The summed E-state index contributed by atoms with van der Waals surface area (Å²) in [6.07, 6.45) is 3.63. The molecule has 4 N–H and O–H groups in total. The van der Waals surface area contributed by atoms with Crippen LogP contribution in [0.4, 0.5) is 11.4 Å². The van der Waals surface area contributed by atoms with Crippen molar-refractivity contribution >= 4 is 22.5 Å². The number of anilines is 2. The third-order valence-corrected chi connectivity index (χ3v) is 3.06. The smallest absolute Gasteiger partial charge is 0.408 e. The summed E-state index contributed by atoms with van der Waals surface area (Å²) in [6.45, 7) is 0. The van der Waals surface area contributed by atoms with E-state index < -0.39 is 5.76 Å². The molecular formula is C11H13N3O2. The van der Waals surface area contributed by atoms with Crippen molar-refractivity contribution in [3.63, 3.8) is 0 Å². The van der Waals surface area contributed by atoms with Crippen molar-refractivity contribution in [1.82, 2.24) is 4.98 Å². The van der Waals surface area contributed by atoms with Crippen LogP contribution in [-0.2, 0) is 0 Å². The first-order valence-corrected chi connectivity index (χ1v) is 5.41. The van der Waals surface area contributed by atoms with Crippen LogP contribution in [0, 0.1) is 0 Å². The minimum Gasteiger partial charge on any atom is -0.408 e. The number of oxazole rings is 1. The van der Waals surface area contributed by atoms with E-state index in [0.29, 0.717) is 22.8 Å². The lowest BCUT2D eigenvalue weighted by Gasteiger charge is -2.28. The van der Waals surface area contributed by atoms with Crippen LogP contribution in [0.25, 0.3) is 11.1 Å². The minimum absolute atomic E-state index is 0.449. The topological polar surface area (TPSA) is 84.0 Å². The van der Waals surface area contributed by atoms with Crippen molar-refractivity contribution in [2.24, 2.45) is 0 Å². The van der Waals surface area contributed by atoms with Gasteiger partial charge in [0.2, 0.25) is 0 Å². The van der Waals surface area contributed by atoms with Gasteiger partial charge in [0.1, 0.15) is 0 Å². The van der Waals surface area contributed by atoms with Crippen molar-refractivity contribution in [3.05, 3.63) is 22.7 Å². The quantitative estimate of drug-likeness (QED) is 0.671. The van der Waals surface area contributed by atoms with Crippen LogP contribution in [0.5, 0.6) is 0 Å². The van der Waals surface area contributed by atoms with Gasteiger partial charge in [-0.15, -0.1) is 0 Å². The second-order valence-corrected chi connectivity index (χ2v) is 4.22. The number of rotatable bonds is 2. The molecular weight excluding hydrogens is 206 g/mol. The summed E-state index contributed by atoms with van der Waals surface area (Å²) >= 11 is 0. The van der Waals surface area contributed by atoms with Crippen molar-refractivity contribution in [2.75, 3.05) is 11.1 Å². The highest BCUT2D eigenvalue weighted by molar-refractivity contribution is 5.85. The predicted octanol–water partition coefficient (Wildman–Crippen LogP) is 1.67. The number of hydrogen-bond acceptors (Lipinski definition) is 4. The molecule has 1 heterocycles. The SMILES string of the molecule is Nc1cc2oc(=O)[nH]c2cc1NC1CCC1. The summed E-state index contributed by atoms with van der Waals surface area (Å²) in [5.41, 5.74) is 8.55. The Morgan fingerprint density at radius 3 is 2.94 bits per heavy atom. The molecule has 0 atom stereocenters. The van der Waals surface area contributed by atoms with E-state index in [1.165, 1.54) is 19.3 Å². The molecule has 1 fully saturated rings. The predicted molar refractivity (Wildman–Crippen MR) is 62.5 cm³/mol.